The lowest BCUT2D eigenvalue weighted by Crippen LogP contribution is -2.26. The third kappa shape index (κ3) is 3.08. The number of aliphatic carboxylic acids is 1. The molecule has 112 valence electrons. The lowest BCUT2D eigenvalue weighted by molar-refractivity contribution is -0.137. The van der Waals surface area contributed by atoms with E-state index in [2.05, 4.69) is 15.3 Å². The van der Waals surface area contributed by atoms with Crippen LogP contribution in [0.3, 0.4) is 0 Å². The molecule has 0 radical (unpaired) electrons. The number of nitrogens with one attached hydrogen (secondary N) is 1. The van der Waals surface area contributed by atoms with Crippen molar-refractivity contribution in [2.45, 2.75) is 13.0 Å². The first-order chi connectivity index (χ1) is 9.96. The number of aromatic nitrogens is 2. The number of fused-ring (bicyclic) bond motifs is 1. The standard InChI is InChI=1S/C13H14ClN3O4/c1-6(12(18)19)15-11-7-4-9(20-2)10(21-3)5-8(7)16-13(14)17-11/h4-6H,1-3H3,(H,18,19)(H,15,16,17). The summed E-state index contributed by atoms with van der Waals surface area (Å²) in [6, 6.07) is 2.49. The number of rotatable bonds is 5. The first-order valence-electron chi connectivity index (χ1n) is 6.05. The summed E-state index contributed by atoms with van der Waals surface area (Å²) in [5, 5.41) is 12.4. The number of benzene rings is 1. The van der Waals surface area contributed by atoms with Gasteiger partial charge in [-0.1, -0.05) is 0 Å². The van der Waals surface area contributed by atoms with E-state index in [-0.39, 0.29) is 5.28 Å². The molecule has 1 heterocycles. The molecule has 0 amide bonds. The summed E-state index contributed by atoms with van der Waals surface area (Å²) < 4.78 is 10.4. The summed E-state index contributed by atoms with van der Waals surface area (Å²) in [5.41, 5.74) is 0.521. The Labute approximate surface area is 125 Å². The van der Waals surface area contributed by atoms with Gasteiger partial charge >= 0.3 is 5.97 Å². The van der Waals surface area contributed by atoms with E-state index in [1.165, 1.54) is 21.1 Å². The Morgan fingerprint density at radius 2 is 1.90 bits per heavy atom. The maximum absolute atomic E-state index is 11.0. The van der Waals surface area contributed by atoms with Crippen molar-refractivity contribution in [3.63, 3.8) is 0 Å². The van der Waals surface area contributed by atoms with Gasteiger partial charge in [0.25, 0.3) is 0 Å². The number of methoxy groups -OCH3 is 2. The Morgan fingerprint density at radius 1 is 1.29 bits per heavy atom. The van der Waals surface area contributed by atoms with Crippen molar-refractivity contribution in [3.8, 4) is 11.5 Å². The molecule has 0 saturated heterocycles. The minimum absolute atomic E-state index is 0.00908. The Kier molecular flexibility index (Phi) is 4.32. The molecule has 0 bridgehead atoms. The van der Waals surface area contributed by atoms with E-state index in [0.29, 0.717) is 28.2 Å². The normalized spacial score (nSPS) is 12.0. The summed E-state index contributed by atoms with van der Waals surface area (Å²) in [6.07, 6.45) is 0. The third-order valence-electron chi connectivity index (χ3n) is 2.90. The van der Waals surface area contributed by atoms with Gasteiger partial charge in [0.2, 0.25) is 5.28 Å². The van der Waals surface area contributed by atoms with Gasteiger partial charge in [-0.15, -0.1) is 0 Å². The van der Waals surface area contributed by atoms with Gasteiger partial charge in [-0.05, 0) is 24.6 Å². The van der Waals surface area contributed by atoms with E-state index in [0.717, 1.165) is 0 Å². The van der Waals surface area contributed by atoms with Gasteiger partial charge in [0.1, 0.15) is 11.9 Å². The molecule has 1 atom stereocenters. The van der Waals surface area contributed by atoms with Crippen LogP contribution in [0, 0.1) is 0 Å². The van der Waals surface area contributed by atoms with Crippen LogP contribution < -0.4 is 14.8 Å². The number of carbonyl (C=O) groups is 1. The minimum atomic E-state index is -1.00. The number of nitrogens with zero attached hydrogens (tertiary/aromatic N) is 2. The van der Waals surface area contributed by atoms with Crippen molar-refractivity contribution in [1.82, 2.24) is 9.97 Å². The molecule has 21 heavy (non-hydrogen) atoms. The molecule has 0 saturated carbocycles. The van der Waals surface area contributed by atoms with Crippen molar-refractivity contribution in [3.05, 3.63) is 17.4 Å². The maximum atomic E-state index is 11.0. The zero-order valence-corrected chi connectivity index (χ0v) is 12.4. The molecule has 7 nitrogen and oxygen atoms in total. The van der Waals surface area contributed by atoms with Gasteiger partial charge < -0.3 is 19.9 Å². The first-order valence-corrected chi connectivity index (χ1v) is 6.42. The van der Waals surface area contributed by atoms with E-state index in [1.54, 1.807) is 12.1 Å². The Balaban J connectivity index is 2.61. The van der Waals surface area contributed by atoms with Gasteiger partial charge in [0.15, 0.2) is 11.5 Å². The Hall–Kier alpha value is -2.28. The summed E-state index contributed by atoms with van der Waals surface area (Å²) in [7, 11) is 3.02. The zero-order valence-electron chi connectivity index (χ0n) is 11.7. The molecule has 0 spiro atoms. The highest BCUT2D eigenvalue weighted by Gasteiger charge is 2.16. The lowest BCUT2D eigenvalue weighted by Gasteiger charge is -2.14. The molecule has 2 rings (SSSR count). The van der Waals surface area contributed by atoms with Crippen LogP contribution in [0.1, 0.15) is 6.92 Å². The highest BCUT2D eigenvalue weighted by Crippen LogP contribution is 2.34. The molecule has 8 heteroatoms. The van der Waals surface area contributed by atoms with E-state index in [1.807, 2.05) is 0 Å². The van der Waals surface area contributed by atoms with Crippen molar-refractivity contribution in [2.24, 2.45) is 0 Å². The highest BCUT2D eigenvalue weighted by molar-refractivity contribution is 6.28. The summed E-state index contributed by atoms with van der Waals surface area (Å²) in [4.78, 5) is 19.1. The van der Waals surface area contributed by atoms with Crippen molar-refractivity contribution < 1.29 is 19.4 Å². The van der Waals surface area contributed by atoms with Crippen LogP contribution in [0.2, 0.25) is 5.28 Å². The smallest absolute Gasteiger partial charge is 0.325 e. The number of halogens is 1. The van der Waals surface area contributed by atoms with Gasteiger partial charge in [-0.3, -0.25) is 4.79 Å². The minimum Gasteiger partial charge on any atom is -0.493 e. The van der Waals surface area contributed by atoms with Crippen LogP contribution in [0.25, 0.3) is 10.9 Å². The molecule has 2 aromatic rings. The SMILES string of the molecule is COc1cc2nc(Cl)nc(NC(C)C(=O)O)c2cc1OC. The van der Waals surface area contributed by atoms with Crippen molar-refractivity contribution in [2.75, 3.05) is 19.5 Å². The Morgan fingerprint density at radius 3 is 2.48 bits per heavy atom. The molecular formula is C13H14ClN3O4. The van der Waals surface area contributed by atoms with Crippen LogP contribution in [-0.4, -0.2) is 41.3 Å². The van der Waals surface area contributed by atoms with Crippen molar-refractivity contribution >= 4 is 34.3 Å². The fourth-order valence-electron chi connectivity index (χ4n) is 1.80. The van der Waals surface area contributed by atoms with Crippen LogP contribution >= 0.6 is 11.6 Å². The number of carboxylic acid groups (broad SMARTS) is 1. The average Bonchev–Trinajstić information content (AvgIpc) is 2.45. The molecule has 2 N–H and O–H groups in total. The molecule has 0 fully saturated rings. The quantitative estimate of drug-likeness (QED) is 0.817. The predicted octanol–water partition coefficient (Wildman–Crippen LogP) is 2.19. The molecule has 1 aromatic heterocycles. The zero-order chi connectivity index (χ0) is 15.6. The van der Waals surface area contributed by atoms with E-state index >= 15 is 0 Å². The summed E-state index contributed by atoms with van der Waals surface area (Å²) >= 11 is 5.87. The number of ether oxygens (including phenoxy) is 2. The van der Waals surface area contributed by atoms with E-state index < -0.39 is 12.0 Å². The fourth-order valence-corrected chi connectivity index (χ4v) is 1.98. The lowest BCUT2D eigenvalue weighted by atomic mass is 10.2. The topological polar surface area (TPSA) is 93.6 Å². The predicted molar refractivity (Wildman–Crippen MR) is 78.4 cm³/mol. The molecule has 0 aliphatic carbocycles. The molecule has 1 aromatic carbocycles. The maximum Gasteiger partial charge on any atom is 0.325 e. The monoisotopic (exact) mass is 311 g/mol. The van der Waals surface area contributed by atoms with Gasteiger partial charge in [0.05, 0.1) is 19.7 Å². The van der Waals surface area contributed by atoms with Gasteiger partial charge in [-0.25, -0.2) is 9.97 Å². The second kappa shape index (κ2) is 6.01. The highest BCUT2D eigenvalue weighted by atomic mass is 35.5. The van der Waals surface area contributed by atoms with Gasteiger partial charge in [0, 0.05) is 11.5 Å². The average molecular weight is 312 g/mol. The Bertz CT molecular complexity index is 693. The summed E-state index contributed by atoms with van der Waals surface area (Å²) in [5.74, 6) is 0.304. The van der Waals surface area contributed by atoms with Crippen LogP contribution in [0.15, 0.2) is 12.1 Å². The molecule has 0 aliphatic rings. The molecular weight excluding hydrogens is 298 g/mol. The number of hydrogen-bond donors (Lipinski definition) is 2. The number of hydrogen-bond acceptors (Lipinski definition) is 6. The first kappa shape index (κ1) is 15.1. The van der Waals surface area contributed by atoms with Crippen LogP contribution in [-0.2, 0) is 4.79 Å². The van der Waals surface area contributed by atoms with Crippen molar-refractivity contribution in [1.29, 1.82) is 0 Å². The fraction of sp³-hybridized carbons (Fsp3) is 0.308. The third-order valence-corrected chi connectivity index (χ3v) is 3.07. The second-order valence-corrected chi connectivity index (χ2v) is 4.61. The van der Waals surface area contributed by atoms with Crippen LogP contribution in [0.5, 0.6) is 11.5 Å². The van der Waals surface area contributed by atoms with E-state index in [4.69, 9.17) is 26.2 Å². The summed E-state index contributed by atoms with van der Waals surface area (Å²) in [6.45, 7) is 1.50. The molecule has 1 unspecified atom stereocenters. The molecule has 0 aliphatic heterocycles. The largest absolute Gasteiger partial charge is 0.493 e. The van der Waals surface area contributed by atoms with Gasteiger partial charge in [-0.2, -0.15) is 0 Å². The van der Waals surface area contributed by atoms with E-state index in [9.17, 15) is 4.79 Å². The van der Waals surface area contributed by atoms with Crippen LogP contribution in [0.4, 0.5) is 5.82 Å². The number of carboxylic acids is 1. The number of anilines is 1. The second-order valence-electron chi connectivity index (χ2n) is 4.27.